The normalized spacial score (nSPS) is 11.3. The molecule has 0 aliphatic carbocycles. The van der Waals surface area contributed by atoms with Gasteiger partial charge in [0.1, 0.15) is 12.4 Å². The largest absolute Gasteiger partial charge is 0.444 e. The molecule has 1 aromatic carbocycles. The van der Waals surface area contributed by atoms with E-state index in [1.54, 1.807) is 4.68 Å². The predicted octanol–water partition coefficient (Wildman–Crippen LogP) is 4.46. The van der Waals surface area contributed by atoms with Gasteiger partial charge in [0.25, 0.3) is 0 Å². The van der Waals surface area contributed by atoms with Crippen molar-refractivity contribution in [1.82, 2.24) is 9.78 Å². The van der Waals surface area contributed by atoms with Gasteiger partial charge in [-0.15, -0.1) is 0 Å². The molecule has 0 fully saturated rings. The monoisotopic (exact) mass is 365 g/mol. The van der Waals surface area contributed by atoms with Crippen molar-refractivity contribution in [1.29, 1.82) is 0 Å². The van der Waals surface area contributed by atoms with Gasteiger partial charge in [0.05, 0.1) is 15.7 Å². The van der Waals surface area contributed by atoms with Crippen LogP contribution in [-0.4, -0.2) is 15.9 Å². The number of aryl methyl sites for hydroxylation is 1. The zero-order valence-corrected chi connectivity index (χ0v) is 14.8. The molecule has 1 aromatic heterocycles. The molecule has 0 radical (unpaired) electrons. The van der Waals surface area contributed by atoms with Crippen molar-refractivity contribution in [2.24, 2.45) is 0 Å². The summed E-state index contributed by atoms with van der Waals surface area (Å²) < 4.78 is 7.79. The minimum absolute atomic E-state index is 0.229. The first kappa shape index (κ1) is 16.5. The fourth-order valence-electron chi connectivity index (χ4n) is 1.96. The highest BCUT2D eigenvalue weighted by Crippen LogP contribution is 2.30. The van der Waals surface area contributed by atoms with Crippen LogP contribution in [0.3, 0.4) is 0 Å². The van der Waals surface area contributed by atoms with E-state index in [4.69, 9.17) is 4.74 Å². The van der Waals surface area contributed by atoms with Crippen LogP contribution in [-0.2, 0) is 16.9 Å². The Balaban J connectivity index is 2.09. The summed E-state index contributed by atoms with van der Waals surface area (Å²) in [6, 6.07) is 9.56. The van der Waals surface area contributed by atoms with Crippen LogP contribution in [0.4, 0.5) is 10.6 Å². The van der Waals surface area contributed by atoms with Crippen LogP contribution >= 0.6 is 15.9 Å². The van der Waals surface area contributed by atoms with Gasteiger partial charge in [0.2, 0.25) is 0 Å². The maximum absolute atomic E-state index is 12.0. The second kappa shape index (κ2) is 6.52. The van der Waals surface area contributed by atoms with Crippen molar-refractivity contribution in [3.05, 3.63) is 46.1 Å². The quantitative estimate of drug-likeness (QED) is 0.873. The first-order chi connectivity index (χ1) is 10.3. The number of aromatic nitrogens is 2. The lowest BCUT2D eigenvalue weighted by atomic mass is 10.1. The Kier molecular flexibility index (Phi) is 4.90. The topological polar surface area (TPSA) is 56.2 Å². The van der Waals surface area contributed by atoms with Gasteiger partial charge in [-0.05, 0) is 49.2 Å². The van der Waals surface area contributed by atoms with Crippen LogP contribution < -0.4 is 5.32 Å². The van der Waals surface area contributed by atoms with Gasteiger partial charge >= 0.3 is 6.09 Å². The summed E-state index contributed by atoms with van der Waals surface area (Å²) >= 11 is 3.46. The number of carbonyl (C=O) groups excluding carboxylic acids is 1. The molecule has 2 aromatic rings. The van der Waals surface area contributed by atoms with Gasteiger partial charge in [0.15, 0.2) is 0 Å². The van der Waals surface area contributed by atoms with Crippen LogP contribution in [0, 0.1) is 6.92 Å². The molecule has 0 aliphatic heterocycles. The highest BCUT2D eigenvalue weighted by atomic mass is 79.9. The van der Waals surface area contributed by atoms with Gasteiger partial charge in [-0.2, -0.15) is 5.10 Å². The van der Waals surface area contributed by atoms with E-state index in [-0.39, 0.29) is 12.1 Å². The number of benzene rings is 1. The summed E-state index contributed by atoms with van der Waals surface area (Å²) in [5, 5.41) is 7.22. The number of nitrogens with one attached hydrogen (secondary N) is 1. The van der Waals surface area contributed by atoms with Gasteiger partial charge in [-0.1, -0.05) is 30.3 Å². The summed E-state index contributed by atoms with van der Waals surface area (Å²) in [4.78, 5) is 12.0. The number of hydrogen-bond donors (Lipinski definition) is 1. The molecule has 0 aliphatic rings. The smallest absolute Gasteiger partial charge is 0.413 e. The second-order valence-electron chi connectivity index (χ2n) is 6.02. The van der Waals surface area contributed by atoms with Crippen LogP contribution in [0.1, 0.15) is 32.0 Å². The summed E-state index contributed by atoms with van der Waals surface area (Å²) in [5.74, 6) is 0.600. The summed E-state index contributed by atoms with van der Waals surface area (Å²) in [7, 11) is 0. The van der Waals surface area contributed by atoms with Crippen molar-refractivity contribution < 1.29 is 9.53 Å². The number of carbonyl (C=O) groups is 1. The van der Waals surface area contributed by atoms with E-state index in [9.17, 15) is 4.79 Å². The van der Waals surface area contributed by atoms with E-state index >= 15 is 0 Å². The Morgan fingerprint density at radius 2 is 1.95 bits per heavy atom. The summed E-state index contributed by atoms with van der Waals surface area (Å²) in [6.45, 7) is 8.17. The van der Waals surface area contributed by atoms with Crippen LogP contribution in [0.2, 0.25) is 0 Å². The molecular formula is C16H20BrN3O2. The highest BCUT2D eigenvalue weighted by molar-refractivity contribution is 9.10. The van der Waals surface area contributed by atoms with Crippen molar-refractivity contribution in [3.63, 3.8) is 0 Å². The van der Waals surface area contributed by atoms with Gasteiger partial charge in [-0.25, -0.2) is 9.48 Å². The van der Waals surface area contributed by atoms with E-state index in [0.717, 1.165) is 15.7 Å². The minimum Gasteiger partial charge on any atom is -0.444 e. The first-order valence-corrected chi connectivity index (χ1v) is 7.81. The molecule has 2 rings (SSSR count). The van der Waals surface area contributed by atoms with Crippen molar-refractivity contribution >= 4 is 27.8 Å². The highest BCUT2D eigenvalue weighted by Gasteiger charge is 2.24. The molecule has 1 amide bonds. The Hall–Kier alpha value is -1.82. The number of halogens is 1. The maximum atomic E-state index is 12.0. The number of amides is 1. The van der Waals surface area contributed by atoms with Crippen LogP contribution in [0.5, 0.6) is 0 Å². The Labute approximate surface area is 138 Å². The molecule has 118 valence electrons. The molecule has 0 saturated heterocycles. The molecule has 0 spiro atoms. The van der Waals surface area contributed by atoms with E-state index in [1.165, 1.54) is 0 Å². The van der Waals surface area contributed by atoms with Crippen LogP contribution in [0.25, 0.3) is 0 Å². The third-order valence-electron chi connectivity index (χ3n) is 3.06. The third kappa shape index (κ3) is 3.88. The molecule has 1 N–H and O–H groups in total. The Bertz CT molecular complexity index is 660. The molecule has 0 saturated carbocycles. The van der Waals surface area contributed by atoms with E-state index in [1.807, 2.05) is 58.0 Å². The number of anilines is 1. The number of rotatable bonds is 3. The molecule has 0 atom stereocenters. The predicted molar refractivity (Wildman–Crippen MR) is 89.9 cm³/mol. The van der Waals surface area contributed by atoms with Gasteiger partial charge in [0, 0.05) is 0 Å². The number of hydrogen-bond acceptors (Lipinski definition) is 3. The molecule has 22 heavy (non-hydrogen) atoms. The minimum atomic E-state index is -0.505. The van der Waals surface area contributed by atoms with Crippen molar-refractivity contribution in [2.75, 3.05) is 5.32 Å². The average molecular weight is 366 g/mol. The Morgan fingerprint density at radius 1 is 1.32 bits per heavy atom. The lowest BCUT2D eigenvalue weighted by Crippen LogP contribution is -2.27. The Morgan fingerprint density at radius 3 is 2.55 bits per heavy atom. The lowest BCUT2D eigenvalue weighted by molar-refractivity contribution is 0.154. The fraction of sp³-hybridized carbons (Fsp3) is 0.375. The zero-order valence-electron chi connectivity index (χ0n) is 13.2. The van der Waals surface area contributed by atoms with Gasteiger partial charge < -0.3 is 4.74 Å². The van der Waals surface area contributed by atoms with Crippen LogP contribution in [0.15, 0.2) is 34.8 Å². The molecule has 5 nitrogen and oxygen atoms in total. The lowest BCUT2D eigenvalue weighted by Gasteiger charge is -2.22. The number of ether oxygens (including phenoxy) is 1. The van der Waals surface area contributed by atoms with E-state index in [2.05, 4.69) is 26.3 Å². The van der Waals surface area contributed by atoms with E-state index < -0.39 is 6.09 Å². The number of nitrogens with zero attached hydrogens (tertiary/aromatic N) is 2. The third-order valence-corrected chi connectivity index (χ3v) is 4.01. The standard InChI is InChI=1S/C16H20BrN3O2/c1-11-13(17)14(20(19-11)16(2,3)4)18-15(21)22-10-12-8-6-5-7-9-12/h5-9H,10H2,1-4H3,(H,18,21). The first-order valence-electron chi connectivity index (χ1n) is 7.02. The van der Waals surface area contributed by atoms with Gasteiger partial charge in [-0.3, -0.25) is 5.32 Å². The van der Waals surface area contributed by atoms with Crippen molar-refractivity contribution in [3.8, 4) is 0 Å². The molecule has 0 unspecified atom stereocenters. The SMILES string of the molecule is Cc1nn(C(C)(C)C)c(NC(=O)OCc2ccccc2)c1Br. The summed E-state index contributed by atoms with van der Waals surface area (Å²) in [5.41, 5.74) is 1.50. The molecule has 6 heteroatoms. The fourth-order valence-corrected chi connectivity index (χ4v) is 2.30. The summed E-state index contributed by atoms with van der Waals surface area (Å²) in [6.07, 6.45) is -0.505. The molecule has 1 heterocycles. The second-order valence-corrected chi connectivity index (χ2v) is 6.81. The molecular weight excluding hydrogens is 346 g/mol. The maximum Gasteiger partial charge on any atom is 0.413 e. The van der Waals surface area contributed by atoms with Crippen molar-refractivity contribution in [2.45, 2.75) is 39.8 Å². The zero-order chi connectivity index (χ0) is 16.3. The molecule has 0 bridgehead atoms. The van der Waals surface area contributed by atoms with E-state index in [0.29, 0.717) is 5.82 Å². The average Bonchev–Trinajstić information content (AvgIpc) is 2.74.